The summed E-state index contributed by atoms with van der Waals surface area (Å²) in [5.74, 6) is 0.528. The minimum atomic E-state index is -0.303. The highest BCUT2D eigenvalue weighted by Crippen LogP contribution is 2.28. The standard InChI is InChI=1S/C20H16N2O3/c1-12-5-7-15(13(2)10-12)20-22-16-11-14(6-8-17(16)25-20)21-19(23)18-4-3-9-24-18/h3-11H,1-2H3,(H,21,23). The van der Waals surface area contributed by atoms with Crippen molar-refractivity contribution in [3.63, 3.8) is 0 Å². The van der Waals surface area contributed by atoms with Crippen molar-refractivity contribution in [2.45, 2.75) is 13.8 Å². The molecule has 2 heterocycles. The van der Waals surface area contributed by atoms with Gasteiger partial charge in [-0.2, -0.15) is 0 Å². The Morgan fingerprint density at radius 1 is 1.08 bits per heavy atom. The molecule has 0 aliphatic heterocycles. The van der Waals surface area contributed by atoms with Gasteiger partial charge in [-0.1, -0.05) is 17.7 Å². The molecule has 5 nitrogen and oxygen atoms in total. The number of carbonyl (C=O) groups is 1. The van der Waals surface area contributed by atoms with Gasteiger partial charge in [0, 0.05) is 11.3 Å². The summed E-state index contributed by atoms with van der Waals surface area (Å²) in [6, 6.07) is 14.8. The highest BCUT2D eigenvalue weighted by molar-refractivity contribution is 6.03. The molecule has 0 saturated carbocycles. The Kier molecular flexibility index (Phi) is 3.61. The second-order valence-corrected chi connectivity index (χ2v) is 5.95. The predicted molar refractivity (Wildman–Crippen MR) is 95.6 cm³/mol. The number of hydrogen-bond donors (Lipinski definition) is 1. The molecule has 0 bridgehead atoms. The van der Waals surface area contributed by atoms with Crippen molar-refractivity contribution in [2.24, 2.45) is 0 Å². The van der Waals surface area contributed by atoms with E-state index in [2.05, 4.69) is 23.3 Å². The molecular weight excluding hydrogens is 316 g/mol. The number of carbonyl (C=O) groups excluding carboxylic acids is 1. The van der Waals surface area contributed by atoms with Crippen LogP contribution in [-0.4, -0.2) is 10.9 Å². The normalized spacial score (nSPS) is 11.0. The molecule has 4 aromatic rings. The number of oxazole rings is 1. The summed E-state index contributed by atoms with van der Waals surface area (Å²) >= 11 is 0. The van der Waals surface area contributed by atoms with Crippen LogP contribution >= 0.6 is 0 Å². The lowest BCUT2D eigenvalue weighted by molar-refractivity contribution is 0.0996. The average Bonchev–Trinajstić information content (AvgIpc) is 3.24. The Morgan fingerprint density at radius 2 is 1.96 bits per heavy atom. The van der Waals surface area contributed by atoms with Gasteiger partial charge >= 0.3 is 0 Å². The van der Waals surface area contributed by atoms with Crippen molar-refractivity contribution in [1.29, 1.82) is 0 Å². The van der Waals surface area contributed by atoms with Gasteiger partial charge in [0.1, 0.15) is 5.52 Å². The van der Waals surface area contributed by atoms with Crippen LogP contribution in [0.25, 0.3) is 22.6 Å². The smallest absolute Gasteiger partial charge is 0.291 e. The zero-order valence-electron chi connectivity index (χ0n) is 13.9. The van der Waals surface area contributed by atoms with E-state index in [1.165, 1.54) is 11.8 Å². The van der Waals surface area contributed by atoms with Crippen LogP contribution in [0.2, 0.25) is 0 Å². The summed E-state index contributed by atoms with van der Waals surface area (Å²) < 4.78 is 11.0. The van der Waals surface area contributed by atoms with E-state index in [4.69, 9.17) is 8.83 Å². The summed E-state index contributed by atoms with van der Waals surface area (Å²) in [5, 5.41) is 2.79. The van der Waals surface area contributed by atoms with Crippen LogP contribution in [0.1, 0.15) is 21.7 Å². The van der Waals surface area contributed by atoms with Gasteiger partial charge < -0.3 is 14.2 Å². The molecule has 1 N–H and O–H groups in total. The molecule has 0 fully saturated rings. The number of aromatic nitrogens is 1. The number of fused-ring (bicyclic) bond motifs is 1. The van der Waals surface area contributed by atoms with Crippen molar-refractivity contribution in [3.05, 3.63) is 71.7 Å². The van der Waals surface area contributed by atoms with Gasteiger partial charge in [0.15, 0.2) is 11.3 Å². The Hall–Kier alpha value is -3.34. The lowest BCUT2D eigenvalue weighted by Gasteiger charge is -2.01. The van der Waals surface area contributed by atoms with E-state index >= 15 is 0 Å². The number of benzene rings is 2. The van der Waals surface area contributed by atoms with Gasteiger partial charge in [0.05, 0.1) is 6.26 Å². The maximum atomic E-state index is 12.1. The Balaban J connectivity index is 1.66. The molecule has 0 unspecified atom stereocenters. The number of amides is 1. The van der Waals surface area contributed by atoms with Gasteiger partial charge in [-0.05, 0) is 55.8 Å². The first-order valence-corrected chi connectivity index (χ1v) is 7.93. The van der Waals surface area contributed by atoms with E-state index in [1.54, 1.807) is 30.3 Å². The fourth-order valence-electron chi connectivity index (χ4n) is 2.77. The van der Waals surface area contributed by atoms with Crippen LogP contribution in [0.3, 0.4) is 0 Å². The second-order valence-electron chi connectivity index (χ2n) is 5.95. The average molecular weight is 332 g/mol. The number of hydrogen-bond acceptors (Lipinski definition) is 4. The molecule has 0 saturated heterocycles. The molecule has 0 aliphatic rings. The largest absolute Gasteiger partial charge is 0.459 e. The molecule has 4 rings (SSSR count). The molecule has 0 radical (unpaired) electrons. The first kappa shape index (κ1) is 15.2. The Morgan fingerprint density at radius 3 is 2.72 bits per heavy atom. The SMILES string of the molecule is Cc1ccc(-c2nc3cc(NC(=O)c4ccco4)ccc3o2)c(C)c1. The molecule has 2 aromatic heterocycles. The number of nitrogens with zero attached hydrogens (tertiary/aromatic N) is 1. The van der Waals surface area contributed by atoms with Crippen molar-refractivity contribution in [1.82, 2.24) is 4.98 Å². The topological polar surface area (TPSA) is 68.3 Å². The van der Waals surface area contributed by atoms with E-state index in [1.807, 2.05) is 19.1 Å². The van der Waals surface area contributed by atoms with E-state index < -0.39 is 0 Å². The predicted octanol–water partition coefficient (Wildman–Crippen LogP) is 4.96. The third-order valence-electron chi connectivity index (χ3n) is 4.00. The van der Waals surface area contributed by atoms with Gasteiger partial charge in [0.2, 0.25) is 5.89 Å². The van der Waals surface area contributed by atoms with Crippen molar-refractivity contribution in [2.75, 3.05) is 5.32 Å². The molecule has 124 valence electrons. The lowest BCUT2D eigenvalue weighted by Crippen LogP contribution is -2.10. The first-order chi connectivity index (χ1) is 12.1. The van der Waals surface area contributed by atoms with Crippen LogP contribution in [-0.2, 0) is 0 Å². The minimum Gasteiger partial charge on any atom is -0.459 e. The lowest BCUT2D eigenvalue weighted by atomic mass is 10.1. The van der Waals surface area contributed by atoms with Gasteiger partial charge in [0.25, 0.3) is 5.91 Å². The highest BCUT2D eigenvalue weighted by Gasteiger charge is 2.13. The van der Waals surface area contributed by atoms with Crippen LogP contribution in [0.5, 0.6) is 0 Å². The zero-order valence-corrected chi connectivity index (χ0v) is 13.9. The van der Waals surface area contributed by atoms with Gasteiger partial charge in [-0.3, -0.25) is 4.79 Å². The number of anilines is 1. The van der Waals surface area contributed by atoms with Crippen LogP contribution in [0.15, 0.2) is 63.6 Å². The molecule has 0 aliphatic carbocycles. The number of rotatable bonds is 3. The summed E-state index contributed by atoms with van der Waals surface area (Å²) in [7, 11) is 0. The second kappa shape index (κ2) is 5.94. The maximum absolute atomic E-state index is 12.1. The maximum Gasteiger partial charge on any atom is 0.291 e. The molecule has 5 heteroatoms. The molecule has 2 aromatic carbocycles. The van der Waals surface area contributed by atoms with Gasteiger partial charge in [-0.25, -0.2) is 4.98 Å². The molecular formula is C20H16N2O3. The fourth-order valence-corrected chi connectivity index (χ4v) is 2.77. The van der Waals surface area contributed by atoms with Crippen molar-refractivity contribution >= 4 is 22.7 Å². The quantitative estimate of drug-likeness (QED) is 0.576. The zero-order chi connectivity index (χ0) is 17.4. The van der Waals surface area contributed by atoms with E-state index in [9.17, 15) is 4.79 Å². The third kappa shape index (κ3) is 2.92. The highest BCUT2D eigenvalue weighted by atomic mass is 16.3. The van der Waals surface area contributed by atoms with Crippen LogP contribution in [0.4, 0.5) is 5.69 Å². The summed E-state index contributed by atoms with van der Waals surface area (Å²) in [6.07, 6.45) is 1.46. The Bertz CT molecular complexity index is 1060. The fraction of sp³-hybridized carbons (Fsp3) is 0.100. The van der Waals surface area contributed by atoms with E-state index in [-0.39, 0.29) is 11.7 Å². The molecule has 0 atom stereocenters. The molecule has 25 heavy (non-hydrogen) atoms. The van der Waals surface area contributed by atoms with Crippen molar-refractivity contribution < 1.29 is 13.6 Å². The summed E-state index contributed by atoms with van der Waals surface area (Å²) in [5.41, 5.74) is 5.26. The van der Waals surface area contributed by atoms with E-state index in [0.717, 1.165) is 11.1 Å². The summed E-state index contributed by atoms with van der Waals surface area (Å²) in [4.78, 5) is 16.6. The monoisotopic (exact) mass is 332 g/mol. The Labute approximate surface area is 144 Å². The van der Waals surface area contributed by atoms with Crippen molar-refractivity contribution in [3.8, 4) is 11.5 Å². The first-order valence-electron chi connectivity index (χ1n) is 7.93. The van der Waals surface area contributed by atoms with Crippen LogP contribution in [0, 0.1) is 13.8 Å². The third-order valence-corrected chi connectivity index (χ3v) is 4.00. The molecule has 0 spiro atoms. The number of nitrogens with one attached hydrogen (secondary N) is 1. The van der Waals surface area contributed by atoms with Gasteiger partial charge in [-0.15, -0.1) is 0 Å². The summed E-state index contributed by atoms with van der Waals surface area (Å²) in [6.45, 7) is 4.09. The number of furan rings is 1. The minimum absolute atomic E-state index is 0.260. The van der Waals surface area contributed by atoms with E-state index in [0.29, 0.717) is 22.7 Å². The van der Waals surface area contributed by atoms with Crippen LogP contribution < -0.4 is 5.32 Å². The number of aryl methyl sites for hydroxylation is 2. The molecule has 1 amide bonds.